The fourth-order valence-corrected chi connectivity index (χ4v) is 3.31. The van der Waals surface area contributed by atoms with Gasteiger partial charge in [0.1, 0.15) is 0 Å². The summed E-state index contributed by atoms with van der Waals surface area (Å²) >= 11 is 0. The number of rotatable bonds is 3. The summed E-state index contributed by atoms with van der Waals surface area (Å²) in [6.45, 7) is 9.45. The van der Waals surface area contributed by atoms with Crippen molar-refractivity contribution in [3.63, 3.8) is 0 Å². The van der Waals surface area contributed by atoms with Crippen LogP contribution in [0, 0.1) is 5.92 Å². The van der Waals surface area contributed by atoms with E-state index in [1.165, 1.54) is 0 Å². The number of likely N-dealkylation sites (tertiary alicyclic amines) is 1. The van der Waals surface area contributed by atoms with Gasteiger partial charge in [0.15, 0.2) is 0 Å². The second-order valence-corrected chi connectivity index (χ2v) is 7.76. The number of aromatic nitrogens is 2. The van der Waals surface area contributed by atoms with Gasteiger partial charge < -0.3 is 5.32 Å². The molecule has 0 aromatic carbocycles. The van der Waals surface area contributed by atoms with Crippen molar-refractivity contribution in [1.82, 2.24) is 20.0 Å². The minimum atomic E-state index is -0.0682. The van der Waals surface area contributed by atoms with E-state index in [-0.39, 0.29) is 22.9 Å². The molecule has 1 aromatic rings. The van der Waals surface area contributed by atoms with E-state index in [1.807, 2.05) is 6.07 Å². The van der Waals surface area contributed by atoms with Crippen LogP contribution in [0.2, 0.25) is 0 Å². The van der Waals surface area contributed by atoms with Crippen LogP contribution in [0.15, 0.2) is 16.9 Å². The smallest absolute Gasteiger partial charge is 0.266 e. The van der Waals surface area contributed by atoms with Crippen molar-refractivity contribution in [2.24, 2.45) is 5.92 Å². The van der Waals surface area contributed by atoms with E-state index < -0.39 is 0 Å². The highest BCUT2D eigenvalue weighted by Crippen LogP contribution is 2.24. The number of nitrogens with one attached hydrogen (secondary N) is 1. The molecule has 1 unspecified atom stereocenters. The maximum absolute atomic E-state index is 12.0. The van der Waals surface area contributed by atoms with Crippen LogP contribution in [-0.2, 0) is 16.8 Å². The van der Waals surface area contributed by atoms with Gasteiger partial charge in [-0.15, -0.1) is 0 Å². The zero-order chi connectivity index (χ0) is 16.6. The number of carbonyl (C=O) groups is 1. The number of nitrogens with zero attached hydrogens (tertiary/aromatic N) is 3. The molecule has 0 spiro atoms. The lowest BCUT2D eigenvalue weighted by atomic mass is 9.92. The van der Waals surface area contributed by atoms with Crippen LogP contribution in [0.3, 0.4) is 0 Å². The summed E-state index contributed by atoms with van der Waals surface area (Å²) in [4.78, 5) is 26.1. The number of hydrogen-bond acceptors (Lipinski definition) is 4. The van der Waals surface area contributed by atoms with E-state index in [0.29, 0.717) is 12.5 Å². The van der Waals surface area contributed by atoms with Crippen LogP contribution in [0.1, 0.15) is 39.3 Å². The molecule has 23 heavy (non-hydrogen) atoms. The molecular formula is C17H26N4O2. The molecule has 6 nitrogen and oxygen atoms in total. The van der Waals surface area contributed by atoms with Crippen molar-refractivity contribution in [3.8, 4) is 0 Å². The van der Waals surface area contributed by atoms with Crippen molar-refractivity contribution >= 4 is 5.91 Å². The predicted octanol–water partition coefficient (Wildman–Crippen LogP) is 0.751. The van der Waals surface area contributed by atoms with Gasteiger partial charge >= 0.3 is 0 Å². The summed E-state index contributed by atoms with van der Waals surface area (Å²) in [7, 11) is 0. The van der Waals surface area contributed by atoms with Crippen molar-refractivity contribution in [1.29, 1.82) is 0 Å². The molecule has 1 atom stereocenters. The highest BCUT2D eigenvalue weighted by Gasteiger charge is 2.37. The van der Waals surface area contributed by atoms with Gasteiger partial charge in [-0.25, -0.2) is 4.68 Å². The lowest BCUT2D eigenvalue weighted by molar-refractivity contribution is -0.131. The van der Waals surface area contributed by atoms with E-state index >= 15 is 0 Å². The number of amides is 1. The Morgan fingerprint density at radius 3 is 2.65 bits per heavy atom. The van der Waals surface area contributed by atoms with E-state index in [9.17, 15) is 9.59 Å². The van der Waals surface area contributed by atoms with E-state index in [2.05, 4.69) is 36.1 Å². The van der Waals surface area contributed by atoms with Crippen LogP contribution in [0.25, 0.3) is 0 Å². The lowest BCUT2D eigenvalue weighted by Crippen LogP contribution is -2.60. The lowest BCUT2D eigenvalue weighted by Gasteiger charge is -2.44. The molecule has 2 fully saturated rings. The first-order chi connectivity index (χ1) is 10.8. The first-order valence-corrected chi connectivity index (χ1v) is 8.45. The highest BCUT2D eigenvalue weighted by atomic mass is 16.2. The van der Waals surface area contributed by atoms with Gasteiger partial charge in [-0.05, 0) is 18.9 Å². The van der Waals surface area contributed by atoms with Crippen molar-refractivity contribution in [2.45, 2.75) is 51.6 Å². The van der Waals surface area contributed by atoms with Gasteiger partial charge in [0, 0.05) is 37.0 Å². The molecule has 3 heterocycles. The average molecular weight is 318 g/mol. The normalized spacial score (nSPS) is 23.4. The van der Waals surface area contributed by atoms with Crippen molar-refractivity contribution in [3.05, 3.63) is 28.2 Å². The second-order valence-electron chi connectivity index (χ2n) is 7.76. The third-order valence-corrected chi connectivity index (χ3v) is 4.75. The molecule has 2 saturated heterocycles. The summed E-state index contributed by atoms with van der Waals surface area (Å²) in [6.07, 6.45) is 1.99. The molecule has 1 N–H and O–H groups in total. The molecule has 0 bridgehead atoms. The zero-order valence-corrected chi connectivity index (χ0v) is 14.2. The van der Waals surface area contributed by atoms with Crippen LogP contribution >= 0.6 is 0 Å². The summed E-state index contributed by atoms with van der Waals surface area (Å²) in [5.41, 5.74) is 0.813. The highest BCUT2D eigenvalue weighted by molar-refractivity contribution is 5.82. The van der Waals surface area contributed by atoms with Gasteiger partial charge in [-0.2, -0.15) is 5.10 Å². The Bertz CT molecular complexity index is 641. The molecule has 3 rings (SSSR count). The number of carbonyl (C=O) groups excluding carboxylic acids is 1. The van der Waals surface area contributed by atoms with Gasteiger partial charge in [0.05, 0.1) is 18.3 Å². The SMILES string of the molecule is CC(C)(C)c1ccc(=O)n(CC2CN(C3CCCNC3=O)C2)n1. The molecule has 1 aromatic heterocycles. The first kappa shape index (κ1) is 16.2. The van der Waals surface area contributed by atoms with E-state index in [0.717, 1.165) is 38.2 Å². The topological polar surface area (TPSA) is 67.2 Å². The van der Waals surface area contributed by atoms with E-state index in [1.54, 1.807) is 10.7 Å². The van der Waals surface area contributed by atoms with Gasteiger partial charge in [0.25, 0.3) is 5.56 Å². The summed E-state index contributed by atoms with van der Waals surface area (Å²) in [5, 5.41) is 7.46. The Morgan fingerprint density at radius 1 is 1.26 bits per heavy atom. The Labute approximate surface area is 136 Å². The van der Waals surface area contributed by atoms with Crippen LogP contribution in [-0.4, -0.2) is 46.3 Å². The molecule has 0 saturated carbocycles. The quantitative estimate of drug-likeness (QED) is 0.893. The summed E-state index contributed by atoms with van der Waals surface area (Å²) < 4.78 is 1.59. The average Bonchev–Trinajstić information content (AvgIpc) is 2.44. The second kappa shape index (κ2) is 6.07. The summed E-state index contributed by atoms with van der Waals surface area (Å²) in [5.74, 6) is 0.546. The van der Waals surface area contributed by atoms with E-state index in [4.69, 9.17) is 0 Å². The van der Waals surface area contributed by atoms with Gasteiger partial charge in [-0.3, -0.25) is 14.5 Å². The zero-order valence-electron chi connectivity index (χ0n) is 14.2. The molecule has 6 heteroatoms. The van der Waals surface area contributed by atoms with Crippen LogP contribution < -0.4 is 10.9 Å². The van der Waals surface area contributed by atoms with Crippen LogP contribution in [0.5, 0.6) is 0 Å². The van der Waals surface area contributed by atoms with Crippen molar-refractivity contribution < 1.29 is 4.79 Å². The first-order valence-electron chi connectivity index (χ1n) is 8.45. The Kier molecular flexibility index (Phi) is 4.27. The molecule has 2 aliphatic rings. The Hall–Kier alpha value is -1.69. The Morgan fingerprint density at radius 2 is 2.00 bits per heavy atom. The minimum absolute atomic E-state index is 0.0191. The molecule has 126 valence electrons. The largest absolute Gasteiger partial charge is 0.355 e. The van der Waals surface area contributed by atoms with Gasteiger partial charge in [-0.1, -0.05) is 20.8 Å². The molecule has 0 aliphatic carbocycles. The molecule has 2 aliphatic heterocycles. The van der Waals surface area contributed by atoms with Gasteiger partial charge in [0.2, 0.25) is 5.91 Å². The molecule has 0 radical (unpaired) electrons. The summed E-state index contributed by atoms with van der Waals surface area (Å²) in [6, 6.07) is 3.45. The maximum Gasteiger partial charge on any atom is 0.266 e. The molecule has 1 amide bonds. The van der Waals surface area contributed by atoms with Crippen molar-refractivity contribution in [2.75, 3.05) is 19.6 Å². The number of piperidine rings is 1. The fraction of sp³-hybridized carbons (Fsp3) is 0.706. The molecular weight excluding hydrogens is 292 g/mol. The van der Waals surface area contributed by atoms with Crippen LogP contribution in [0.4, 0.5) is 0 Å². The number of hydrogen-bond donors (Lipinski definition) is 1. The Balaban J connectivity index is 1.62. The standard InChI is InChI=1S/C17H26N4O2/c1-17(2,3)14-6-7-15(22)21(19-14)11-12-9-20(10-12)13-5-4-8-18-16(13)23/h6-7,12-13H,4-5,8-11H2,1-3H3,(H,18,23). The minimum Gasteiger partial charge on any atom is -0.355 e. The predicted molar refractivity (Wildman–Crippen MR) is 88.3 cm³/mol. The third kappa shape index (κ3) is 3.47. The third-order valence-electron chi connectivity index (χ3n) is 4.75. The fourth-order valence-electron chi connectivity index (χ4n) is 3.31. The monoisotopic (exact) mass is 318 g/mol. The maximum atomic E-state index is 12.0.